The Hall–Kier alpha value is -2.77. The van der Waals surface area contributed by atoms with E-state index >= 15 is 0 Å². The van der Waals surface area contributed by atoms with Gasteiger partial charge in [-0.25, -0.2) is 4.79 Å². The Bertz CT molecular complexity index is 587. The van der Waals surface area contributed by atoms with E-state index < -0.39 is 23.6 Å². The second-order valence-electron chi connectivity index (χ2n) is 4.05. The summed E-state index contributed by atoms with van der Waals surface area (Å²) in [5, 5.41) is 0.424. The summed E-state index contributed by atoms with van der Waals surface area (Å²) in [6.45, 7) is -0.390. The molecule has 1 aromatic heterocycles. The van der Waals surface area contributed by atoms with E-state index in [1.54, 1.807) is 0 Å². The minimum atomic E-state index is -0.884. The third-order valence-corrected chi connectivity index (χ3v) is 2.69. The summed E-state index contributed by atoms with van der Waals surface area (Å²) in [4.78, 5) is 60.5. The first kappa shape index (κ1) is 13.7. The number of hydroxylamine groups is 2. The number of aldehydes is 1. The van der Waals surface area contributed by atoms with Gasteiger partial charge in [0.25, 0.3) is 11.8 Å². The summed E-state index contributed by atoms with van der Waals surface area (Å²) < 4.78 is 1.20. The molecule has 2 heterocycles. The zero-order chi connectivity index (χ0) is 14.7. The molecule has 8 heteroatoms. The summed E-state index contributed by atoms with van der Waals surface area (Å²) >= 11 is 0. The van der Waals surface area contributed by atoms with Crippen molar-refractivity contribution >= 4 is 29.9 Å². The van der Waals surface area contributed by atoms with E-state index in [1.165, 1.54) is 22.9 Å². The first-order chi connectivity index (χ1) is 9.52. The minimum Gasteiger partial charge on any atom is -0.333 e. The standard InChI is InChI=1S/C12H10N2O6/c15-7-9(16)8-2-1-5-13(8)6-12(19)20-14-10(17)3-4-11(14)18/h1-2,5,7H,3-4,6H2. The molecule has 0 bridgehead atoms. The monoisotopic (exact) mass is 278 g/mol. The normalized spacial score (nSPS) is 14.5. The van der Waals surface area contributed by atoms with Crippen LogP contribution in [0.3, 0.4) is 0 Å². The largest absolute Gasteiger partial charge is 0.352 e. The van der Waals surface area contributed by atoms with Crippen LogP contribution in [0.2, 0.25) is 0 Å². The number of amides is 2. The van der Waals surface area contributed by atoms with Gasteiger partial charge in [0.15, 0.2) is 6.29 Å². The molecule has 0 saturated carbocycles. The number of carbonyl (C=O) groups excluding carboxylic acids is 5. The fraction of sp³-hybridized carbons (Fsp3) is 0.250. The molecule has 1 fully saturated rings. The Morgan fingerprint density at radius 2 is 1.90 bits per heavy atom. The van der Waals surface area contributed by atoms with E-state index in [0.717, 1.165) is 0 Å². The fourth-order valence-corrected chi connectivity index (χ4v) is 1.76. The van der Waals surface area contributed by atoms with Gasteiger partial charge in [0.05, 0.1) is 5.69 Å². The van der Waals surface area contributed by atoms with Gasteiger partial charge < -0.3 is 9.40 Å². The highest BCUT2D eigenvalue weighted by atomic mass is 16.7. The van der Waals surface area contributed by atoms with Crippen LogP contribution in [0, 0.1) is 0 Å². The molecular formula is C12H10N2O6. The van der Waals surface area contributed by atoms with Gasteiger partial charge in [-0.2, -0.15) is 0 Å². The Balaban J connectivity index is 2.04. The number of rotatable bonds is 5. The first-order valence-corrected chi connectivity index (χ1v) is 5.74. The zero-order valence-corrected chi connectivity index (χ0v) is 10.3. The van der Waals surface area contributed by atoms with Crippen molar-refractivity contribution < 1.29 is 28.8 Å². The molecule has 2 rings (SSSR count). The molecule has 1 aromatic rings. The summed E-state index contributed by atoms with van der Waals surface area (Å²) in [6.07, 6.45) is 1.55. The maximum absolute atomic E-state index is 11.6. The van der Waals surface area contributed by atoms with Crippen molar-refractivity contribution in [1.82, 2.24) is 9.63 Å². The maximum Gasteiger partial charge on any atom is 0.352 e. The second kappa shape index (κ2) is 5.47. The Labute approximate surface area is 112 Å². The van der Waals surface area contributed by atoms with Crippen LogP contribution in [0.5, 0.6) is 0 Å². The average Bonchev–Trinajstić information content (AvgIpc) is 2.99. The van der Waals surface area contributed by atoms with Crippen molar-refractivity contribution in [3.63, 3.8) is 0 Å². The Morgan fingerprint density at radius 1 is 1.25 bits per heavy atom. The van der Waals surface area contributed by atoms with E-state index in [2.05, 4.69) is 4.84 Å². The minimum absolute atomic E-state index is 0.00448. The third kappa shape index (κ3) is 2.63. The lowest BCUT2D eigenvalue weighted by atomic mass is 10.3. The summed E-state index contributed by atoms with van der Waals surface area (Å²) in [5.74, 6) is -2.83. The van der Waals surface area contributed by atoms with Crippen LogP contribution >= 0.6 is 0 Å². The van der Waals surface area contributed by atoms with Crippen LogP contribution in [0.1, 0.15) is 23.3 Å². The molecule has 8 nitrogen and oxygen atoms in total. The van der Waals surface area contributed by atoms with Crippen LogP contribution in [0.15, 0.2) is 18.3 Å². The summed E-state index contributed by atoms with van der Waals surface area (Å²) in [6, 6.07) is 2.85. The predicted molar refractivity (Wildman–Crippen MR) is 62.0 cm³/mol. The van der Waals surface area contributed by atoms with Crippen molar-refractivity contribution in [1.29, 1.82) is 0 Å². The molecule has 1 saturated heterocycles. The second-order valence-corrected chi connectivity index (χ2v) is 4.05. The van der Waals surface area contributed by atoms with Gasteiger partial charge in [0.2, 0.25) is 5.78 Å². The quantitative estimate of drug-likeness (QED) is 0.310. The first-order valence-electron chi connectivity index (χ1n) is 5.74. The molecule has 0 aliphatic carbocycles. The molecule has 104 valence electrons. The third-order valence-electron chi connectivity index (χ3n) is 2.69. The number of hydrogen-bond acceptors (Lipinski definition) is 6. The van der Waals surface area contributed by atoms with Crippen LogP contribution < -0.4 is 0 Å². The van der Waals surface area contributed by atoms with Crippen molar-refractivity contribution in [2.45, 2.75) is 19.4 Å². The van der Waals surface area contributed by atoms with E-state index in [1.807, 2.05) is 0 Å². The highest BCUT2D eigenvalue weighted by Gasteiger charge is 2.32. The lowest BCUT2D eigenvalue weighted by Crippen LogP contribution is -2.33. The topological polar surface area (TPSA) is 103 Å². The van der Waals surface area contributed by atoms with Gasteiger partial charge in [0.1, 0.15) is 6.54 Å². The van der Waals surface area contributed by atoms with Crippen molar-refractivity contribution in [2.24, 2.45) is 0 Å². The number of carbonyl (C=O) groups is 5. The van der Waals surface area contributed by atoms with Crippen LogP contribution in [0.4, 0.5) is 0 Å². The van der Waals surface area contributed by atoms with E-state index in [-0.39, 0.29) is 31.4 Å². The molecule has 0 spiro atoms. The molecule has 0 N–H and O–H groups in total. The maximum atomic E-state index is 11.6. The number of hydrogen-bond donors (Lipinski definition) is 0. The summed E-state index contributed by atoms with van der Waals surface area (Å²) in [5.41, 5.74) is 0.0241. The lowest BCUT2D eigenvalue weighted by molar-refractivity contribution is -0.197. The fourth-order valence-electron chi connectivity index (χ4n) is 1.76. The highest BCUT2D eigenvalue weighted by Crippen LogP contribution is 2.12. The van der Waals surface area contributed by atoms with E-state index in [4.69, 9.17) is 0 Å². The highest BCUT2D eigenvalue weighted by molar-refractivity contribution is 6.32. The SMILES string of the molecule is O=CC(=O)c1cccn1CC(=O)ON1C(=O)CCC1=O. The van der Waals surface area contributed by atoms with Crippen molar-refractivity contribution in [2.75, 3.05) is 0 Å². The molecular weight excluding hydrogens is 268 g/mol. The molecule has 1 aliphatic rings. The van der Waals surface area contributed by atoms with Crippen LogP contribution in [0.25, 0.3) is 0 Å². The molecule has 2 amide bonds. The molecule has 0 atom stereocenters. The molecule has 0 radical (unpaired) electrons. The Kier molecular flexibility index (Phi) is 3.74. The van der Waals surface area contributed by atoms with Gasteiger partial charge in [-0.15, -0.1) is 5.06 Å². The van der Waals surface area contributed by atoms with E-state index in [9.17, 15) is 24.0 Å². The van der Waals surface area contributed by atoms with Gasteiger partial charge in [-0.1, -0.05) is 0 Å². The molecule has 0 aromatic carbocycles. The van der Waals surface area contributed by atoms with Crippen LogP contribution in [-0.4, -0.2) is 39.5 Å². The van der Waals surface area contributed by atoms with Gasteiger partial charge in [0, 0.05) is 19.0 Å². The van der Waals surface area contributed by atoms with Gasteiger partial charge in [-0.05, 0) is 12.1 Å². The van der Waals surface area contributed by atoms with Crippen molar-refractivity contribution in [3.8, 4) is 0 Å². The smallest absolute Gasteiger partial charge is 0.333 e. The lowest BCUT2D eigenvalue weighted by Gasteiger charge is -2.13. The number of ketones is 1. The van der Waals surface area contributed by atoms with E-state index in [0.29, 0.717) is 5.06 Å². The molecule has 1 aliphatic heterocycles. The molecule has 0 unspecified atom stereocenters. The molecule has 20 heavy (non-hydrogen) atoms. The number of Topliss-reactive ketones (excluding diaryl/α,β-unsaturated/α-hetero) is 1. The Morgan fingerprint density at radius 3 is 2.50 bits per heavy atom. The number of nitrogens with zero attached hydrogens (tertiary/aromatic N) is 2. The summed E-state index contributed by atoms with van der Waals surface area (Å²) in [7, 11) is 0. The number of imide groups is 1. The number of aromatic nitrogens is 1. The van der Waals surface area contributed by atoms with Gasteiger partial charge >= 0.3 is 5.97 Å². The van der Waals surface area contributed by atoms with Crippen LogP contribution in [-0.2, 0) is 30.6 Å². The van der Waals surface area contributed by atoms with Crippen molar-refractivity contribution in [3.05, 3.63) is 24.0 Å². The zero-order valence-electron chi connectivity index (χ0n) is 10.3. The van der Waals surface area contributed by atoms with Gasteiger partial charge in [-0.3, -0.25) is 19.2 Å². The average molecular weight is 278 g/mol. The predicted octanol–water partition coefficient (Wildman–Crippen LogP) is -0.523.